The average molecular weight is 288 g/mol. The standard InChI is InChI=1S/C12H10.C10H14/c1-3-7-11(8-4-1)12-9-5-2-6-10-12;1-8-5-6-9(7-8)10(2,3)4/h1-10H;5-7H,1H2,2-4H3. The quantitative estimate of drug-likeness (QED) is 0.566. The minimum Gasteiger partial charge on any atom is -0.0918 e. The molecule has 0 fully saturated rings. The molecule has 0 spiro atoms. The summed E-state index contributed by atoms with van der Waals surface area (Å²) >= 11 is 0. The van der Waals surface area contributed by atoms with Crippen LogP contribution in [0.15, 0.2) is 96.6 Å². The molecule has 1 aliphatic carbocycles. The maximum atomic E-state index is 3.85. The SMILES string of the molecule is C=C1C=CC(C(C)(C)C)=C1.c1ccc(-c2ccccc2)cc1. The summed E-state index contributed by atoms with van der Waals surface area (Å²) in [5.74, 6) is 0. The molecule has 0 unspecified atom stereocenters. The van der Waals surface area contributed by atoms with Crippen LogP contribution in [0.3, 0.4) is 0 Å². The Morgan fingerprint density at radius 2 is 1.14 bits per heavy atom. The average Bonchev–Trinajstić information content (AvgIpc) is 2.97. The molecule has 0 amide bonds. The number of rotatable bonds is 1. The monoisotopic (exact) mass is 288 g/mol. The first-order valence-corrected chi connectivity index (χ1v) is 7.66. The van der Waals surface area contributed by atoms with Gasteiger partial charge in [-0.2, -0.15) is 0 Å². The van der Waals surface area contributed by atoms with Crippen LogP contribution in [0.2, 0.25) is 0 Å². The van der Waals surface area contributed by atoms with Crippen molar-refractivity contribution >= 4 is 0 Å². The molecule has 2 aromatic rings. The lowest BCUT2D eigenvalue weighted by Gasteiger charge is -2.17. The molecular weight excluding hydrogens is 264 g/mol. The largest absolute Gasteiger partial charge is 0.0918 e. The van der Waals surface area contributed by atoms with E-state index in [9.17, 15) is 0 Å². The van der Waals surface area contributed by atoms with Gasteiger partial charge in [-0.15, -0.1) is 0 Å². The van der Waals surface area contributed by atoms with E-state index >= 15 is 0 Å². The van der Waals surface area contributed by atoms with Gasteiger partial charge in [0.25, 0.3) is 0 Å². The summed E-state index contributed by atoms with van der Waals surface area (Å²) in [6.45, 7) is 10.5. The molecule has 0 nitrogen and oxygen atoms in total. The van der Waals surface area contributed by atoms with Gasteiger partial charge in [-0.1, -0.05) is 106 Å². The zero-order chi connectivity index (χ0) is 16.0. The third kappa shape index (κ3) is 4.60. The fourth-order valence-electron chi connectivity index (χ4n) is 2.22. The summed E-state index contributed by atoms with van der Waals surface area (Å²) in [7, 11) is 0. The molecule has 0 heterocycles. The third-order valence-corrected chi connectivity index (χ3v) is 3.56. The van der Waals surface area contributed by atoms with Crippen LogP contribution in [0.5, 0.6) is 0 Å². The second kappa shape index (κ2) is 7.09. The molecule has 22 heavy (non-hydrogen) atoms. The second-order valence-corrected chi connectivity index (χ2v) is 6.49. The van der Waals surface area contributed by atoms with Gasteiger partial charge in [-0.25, -0.2) is 0 Å². The molecule has 1 aliphatic rings. The Labute approximate surface area is 134 Å². The molecule has 0 bridgehead atoms. The number of benzene rings is 2. The summed E-state index contributed by atoms with van der Waals surface area (Å²) in [6.07, 6.45) is 6.34. The van der Waals surface area contributed by atoms with E-state index in [1.807, 2.05) is 12.1 Å². The van der Waals surface area contributed by atoms with Crippen LogP contribution in [-0.2, 0) is 0 Å². The van der Waals surface area contributed by atoms with Gasteiger partial charge in [-0.3, -0.25) is 0 Å². The molecule has 0 aliphatic heterocycles. The van der Waals surface area contributed by atoms with Crippen LogP contribution in [0.1, 0.15) is 20.8 Å². The van der Waals surface area contributed by atoms with Crippen molar-refractivity contribution in [3.05, 3.63) is 96.6 Å². The smallest absolute Gasteiger partial charge is 0.0132 e. The Balaban J connectivity index is 0.000000164. The first-order chi connectivity index (χ1) is 10.5. The van der Waals surface area contributed by atoms with Gasteiger partial charge in [0.1, 0.15) is 0 Å². The van der Waals surface area contributed by atoms with Crippen molar-refractivity contribution in [2.75, 3.05) is 0 Å². The maximum Gasteiger partial charge on any atom is -0.0132 e. The Bertz CT molecular complexity index is 627. The molecule has 0 N–H and O–H groups in total. The van der Waals surface area contributed by atoms with E-state index in [1.54, 1.807) is 0 Å². The van der Waals surface area contributed by atoms with E-state index in [1.165, 1.54) is 16.7 Å². The highest BCUT2D eigenvalue weighted by molar-refractivity contribution is 5.62. The summed E-state index contributed by atoms with van der Waals surface area (Å²) in [4.78, 5) is 0. The number of hydrogen-bond acceptors (Lipinski definition) is 0. The highest BCUT2D eigenvalue weighted by atomic mass is 14.2. The van der Waals surface area contributed by atoms with E-state index < -0.39 is 0 Å². The van der Waals surface area contributed by atoms with Gasteiger partial charge in [-0.05, 0) is 27.7 Å². The fourth-order valence-corrected chi connectivity index (χ4v) is 2.22. The van der Waals surface area contributed by atoms with Gasteiger partial charge in [0, 0.05) is 0 Å². The highest BCUT2D eigenvalue weighted by Crippen LogP contribution is 2.30. The molecule has 0 atom stereocenters. The predicted octanol–water partition coefficient (Wildman–Crippen LogP) is 6.44. The number of allylic oxidation sites excluding steroid dienone is 5. The Hall–Kier alpha value is -2.34. The summed E-state index contributed by atoms with van der Waals surface area (Å²) in [5.41, 5.74) is 5.31. The van der Waals surface area contributed by atoms with Crippen molar-refractivity contribution in [2.45, 2.75) is 20.8 Å². The van der Waals surface area contributed by atoms with Crippen molar-refractivity contribution in [2.24, 2.45) is 5.41 Å². The molecule has 0 saturated carbocycles. The number of hydrogen-bond donors (Lipinski definition) is 0. The van der Waals surface area contributed by atoms with E-state index in [0.717, 1.165) is 5.57 Å². The second-order valence-electron chi connectivity index (χ2n) is 6.49. The lowest BCUT2D eigenvalue weighted by Crippen LogP contribution is -2.05. The fraction of sp³-hybridized carbons (Fsp3) is 0.182. The molecule has 0 aromatic heterocycles. The van der Waals surface area contributed by atoms with Crippen molar-refractivity contribution in [3.63, 3.8) is 0 Å². The van der Waals surface area contributed by atoms with E-state index in [2.05, 4.69) is 94.1 Å². The summed E-state index contributed by atoms with van der Waals surface area (Å²) in [6, 6.07) is 20.8. The van der Waals surface area contributed by atoms with Crippen LogP contribution in [-0.4, -0.2) is 0 Å². The molecule has 112 valence electrons. The van der Waals surface area contributed by atoms with Gasteiger partial charge in [0.15, 0.2) is 0 Å². The molecule has 0 saturated heterocycles. The van der Waals surface area contributed by atoms with Crippen molar-refractivity contribution in [1.82, 2.24) is 0 Å². The molecule has 0 radical (unpaired) electrons. The minimum atomic E-state index is 0.274. The van der Waals surface area contributed by atoms with Crippen molar-refractivity contribution in [1.29, 1.82) is 0 Å². The normalized spacial score (nSPS) is 13.4. The van der Waals surface area contributed by atoms with Crippen molar-refractivity contribution < 1.29 is 0 Å². The Morgan fingerprint density at radius 1 is 0.682 bits per heavy atom. The lowest BCUT2D eigenvalue weighted by molar-refractivity contribution is 0.518. The third-order valence-electron chi connectivity index (χ3n) is 3.56. The highest BCUT2D eigenvalue weighted by Gasteiger charge is 2.16. The minimum absolute atomic E-state index is 0.274. The molecule has 2 aromatic carbocycles. The zero-order valence-corrected chi connectivity index (χ0v) is 13.7. The molecule has 3 rings (SSSR count). The predicted molar refractivity (Wildman–Crippen MR) is 97.7 cm³/mol. The van der Waals surface area contributed by atoms with Crippen LogP contribution in [0.4, 0.5) is 0 Å². The lowest BCUT2D eigenvalue weighted by atomic mass is 9.87. The zero-order valence-electron chi connectivity index (χ0n) is 13.7. The van der Waals surface area contributed by atoms with Gasteiger partial charge in [0.2, 0.25) is 0 Å². The maximum absolute atomic E-state index is 3.85. The summed E-state index contributed by atoms with van der Waals surface area (Å²) in [5, 5.41) is 0. The van der Waals surface area contributed by atoms with Crippen LogP contribution >= 0.6 is 0 Å². The first-order valence-electron chi connectivity index (χ1n) is 7.66. The summed E-state index contributed by atoms with van der Waals surface area (Å²) < 4.78 is 0. The van der Waals surface area contributed by atoms with Crippen molar-refractivity contribution in [3.8, 4) is 11.1 Å². The van der Waals surface area contributed by atoms with Crippen LogP contribution in [0, 0.1) is 5.41 Å². The van der Waals surface area contributed by atoms with E-state index in [0.29, 0.717) is 0 Å². The first kappa shape index (κ1) is 16.0. The molecule has 0 heteroatoms. The van der Waals surface area contributed by atoms with Gasteiger partial charge < -0.3 is 0 Å². The van der Waals surface area contributed by atoms with Gasteiger partial charge >= 0.3 is 0 Å². The Kier molecular flexibility index (Phi) is 5.16. The van der Waals surface area contributed by atoms with Crippen LogP contribution < -0.4 is 0 Å². The van der Waals surface area contributed by atoms with E-state index in [-0.39, 0.29) is 5.41 Å². The topological polar surface area (TPSA) is 0 Å². The van der Waals surface area contributed by atoms with E-state index in [4.69, 9.17) is 0 Å². The van der Waals surface area contributed by atoms with Gasteiger partial charge in [0.05, 0.1) is 0 Å². The molecular formula is C22H24. The Morgan fingerprint density at radius 3 is 1.41 bits per heavy atom. The van der Waals surface area contributed by atoms with Crippen LogP contribution in [0.25, 0.3) is 11.1 Å².